The molecule has 1 N–H and O–H groups in total. The number of methoxy groups -OCH3 is 1. The molecule has 1 aliphatic carbocycles. The van der Waals surface area contributed by atoms with E-state index in [-0.39, 0.29) is 17.9 Å². The smallest absolute Gasteiger partial charge is 0.251 e. The summed E-state index contributed by atoms with van der Waals surface area (Å²) in [7, 11) is 1.65. The van der Waals surface area contributed by atoms with Crippen molar-refractivity contribution < 1.29 is 19.1 Å². The summed E-state index contributed by atoms with van der Waals surface area (Å²) in [6, 6.07) is 15.1. The van der Waals surface area contributed by atoms with Crippen LogP contribution >= 0.6 is 0 Å². The number of likely N-dealkylation sites (tertiary alicyclic amines) is 1. The lowest BCUT2D eigenvalue weighted by molar-refractivity contribution is -0.134. The highest BCUT2D eigenvalue weighted by Gasteiger charge is 2.35. The van der Waals surface area contributed by atoms with E-state index in [1.54, 1.807) is 19.2 Å². The van der Waals surface area contributed by atoms with Crippen LogP contribution in [-0.2, 0) is 11.2 Å². The topological polar surface area (TPSA) is 67.9 Å². The maximum Gasteiger partial charge on any atom is 0.251 e. The Bertz CT molecular complexity index is 900. The molecule has 0 aromatic heterocycles. The lowest BCUT2D eigenvalue weighted by Gasteiger charge is -2.32. The van der Waals surface area contributed by atoms with Crippen molar-refractivity contribution in [3.63, 3.8) is 0 Å². The molecule has 164 valence electrons. The van der Waals surface area contributed by atoms with E-state index in [2.05, 4.69) is 5.32 Å². The van der Waals surface area contributed by atoms with Gasteiger partial charge in [0, 0.05) is 44.0 Å². The van der Waals surface area contributed by atoms with Gasteiger partial charge in [0.25, 0.3) is 5.91 Å². The van der Waals surface area contributed by atoms with E-state index >= 15 is 0 Å². The van der Waals surface area contributed by atoms with Gasteiger partial charge in [0.1, 0.15) is 17.6 Å². The second kappa shape index (κ2) is 9.86. The van der Waals surface area contributed by atoms with Gasteiger partial charge in [-0.1, -0.05) is 12.1 Å². The maximum atomic E-state index is 12.4. The monoisotopic (exact) mass is 422 g/mol. The molecule has 1 saturated carbocycles. The largest absolute Gasteiger partial charge is 0.497 e. The molecule has 0 atom stereocenters. The quantitative estimate of drug-likeness (QED) is 0.708. The highest BCUT2D eigenvalue weighted by atomic mass is 16.5. The van der Waals surface area contributed by atoms with Crippen LogP contribution < -0.4 is 14.8 Å². The summed E-state index contributed by atoms with van der Waals surface area (Å²) >= 11 is 0. The summed E-state index contributed by atoms with van der Waals surface area (Å²) < 4.78 is 11.3. The third kappa shape index (κ3) is 5.78. The fourth-order valence-corrected chi connectivity index (χ4v) is 3.91. The van der Waals surface area contributed by atoms with Crippen LogP contribution in [0.4, 0.5) is 0 Å². The molecular formula is C25H30N2O4. The molecule has 6 heteroatoms. The van der Waals surface area contributed by atoms with Crippen molar-refractivity contribution in [1.82, 2.24) is 10.2 Å². The van der Waals surface area contributed by atoms with Gasteiger partial charge in [-0.2, -0.15) is 0 Å². The third-order valence-electron chi connectivity index (χ3n) is 5.93. The second-order valence-corrected chi connectivity index (χ2v) is 8.30. The lowest BCUT2D eigenvalue weighted by atomic mass is 10.1. The number of carbonyl (C=O) groups excluding carboxylic acids is 2. The molecular weight excluding hydrogens is 392 g/mol. The third-order valence-corrected chi connectivity index (χ3v) is 5.93. The molecule has 6 nitrogen and oxygen atoms in total. The Hall–Kier alpha value is -3.02. The number of amides is 2. The van der Waals surface area contributed by atoms with Crippen molar-refractivity contribution in [2.24, 2.45) is 5.92 Å². The first-order chi connectivity index (χ1) is 15.1. The number of piperidine rings is 1. The summed E-state index contributed by atoms with van der Waals surface area (Å²) in [4.78, 5) is 26.5. The minimum absolute atomic E-state index is 0.0960. The number of nitrogens with zero attached hydrogens (tertiary/aromatic N) is 1. The summed E-state index contributed by atoms with van der Waals surface area (Å²) in [5.74, 6) is 2.09. The van der Waals surface area contributed by atoms with E-state index in [0.717, 1.165) is 62.3 Å². The molecule has 2 aromatic carbocycles. The van der Waals surface area contributed by atoms with E-state index in [9.17, 15) is 9.59 Å². The normalized spacial score (nSPS) is 16.6. The van der Waals surface area contributed by atoms with Gasteiger partial charge in [0.2, 0.25) is 5.91 Å². The van der Waals surface area contributed by atoms with Gasteiger partial charge < -0.3 is 19.7 Å². The van der Waals surface area contributed by atoms with Crippen LogP contribution in [0, 0.1) is 5.92 Å². The minimum atomic E-state index is -0.0960. The maximum absolute atomic E-state index is 12.4. The predicted molar refractivity (Wildman–Crippen MR) is 118 cm³/mol. The predicted octanol–water partition coefficient (Wildman–Crippen LogP) is 3.45. The van der Waals surface area contributed by atoms with Crippen LogP contribution in [0.2, 0.25) is 0 Å². The molecule has 2 fully saturated rings. The van der Waals surface area contributed by atoms with Crippen LogP contribution in [0.15, 0.2) is 48.5 Å². The average Bonchev–Trinajstić information content (AvgIpc) is 3.65. The summed E-state index contributed by atoms with van der Waals surface area (Å²) in [5, 5.41) is 2.96. The fraction of sp³-hybridized carbons (Fsp3) is 0.440. The molecule has 4 rings (SSSR count). The van der Waals surface area contributed by atoms with E-state index in [0.29, 0.717) is 18.0 Å². The van der Waals surface area contributed by atoms with Crippen molar-refractivity contribution in [2.45, 2.75) is 38.2 Å². The van der Waals surface area contributed by atoms with Crippen molar-refractivity contribution in [1.29, 1.82) is 0 Å². The molecule has 2 aromatic rings. The first-order valence-corrected chi connectivity index (χ1v) is 11.1. The zero-order valence-corrected chi connectivity index (χ0v) is 18.0. The number of carbonyl (C=O) groups is 2. The Morgan fingerprint density at radius 3 is 2.42 bits per heavy atom. The minimum Gasteiger partial charge on any atom is -0.497 e. The molecule has 0 radical (unpaired) electrons. The standard InChI is InChI=1S/C25H30N2O4/c1-30-23-4-2-3-18(17-23)11-14-26-24(28)19-7-9-21(10-8-19)31-22-12-15-27(16-13-22)25(29)20-5-6-20/h2-4,7-10,17,20,22H,5-6,11-16H2,1H3,(H,26,28). The number of hydrogen-bond donors (Lipinski definition) is 1. The Labute approximate surface area is 183 Å². The molecule has 2 aliphatic rings. The number of benzene rings is 2. The van der Waals surface area contributed by atoms with Crippen LogP contribution in [0.5, 0.6) is 11.5 Å². The van der Waals surface area contributed by atoms with Gasteiger partial charge in [-0.05, 0) is 61.2 Å². The van der Waals surface area contributed by atoms with Gasteiger partial charge in [-0.3, -0.25) is 9.59 Å². The van der Waals surface area contributed by atoms with Crippen LogP contribution in [0.25, 0.3) is 0 Å². The SMILES string of the molecule is COc1cccc(CCNC(=O)c2ccc(OC3CCN(C(=O)C4CC4)CC3)cc2)c1. The highest BCUT2D eigenvalue weighted by molar-refractivity contribution is 5.94. The van der Waals surface area contributed by atoms with Crippen molar-refractivity contribution in [2.75, 3.05) is 26.7 Å². The van der Waals surface area contributed by atoms with E-state index in [4.69, 9.17) is 9.47 Å². The Kier molecular flexibility index (Phi) is 6.75. The van der Waals surface area contributed by atoms with E-state index in [1.165, 1.54) is 0 Å². The first kappa shape index (κ1) is 21.2. The van der Waals surface area contributed by atoms with Gasteiger partial charge in [0.15, 0.2) is 0 Å². The molecule has 0 bridgehead atoms. The average molecular weight is 423 g/mol. The molecule has 31 heavy (non-hydrogen) atoms. The zero-order chi connectivity index (χ0) is 21.6. The fourth-order valence-electron chi connectivity index (χ4n) is 3.91. The van der Waals surface area contributed by atoms with Gasteiger partial charge in [-0.15, -0.1) is 0 Å². The molecule has 2 amide bonds. The molecule has 0 unspecified atom stereocenters. The van der Waals surface area contributed by atoms with E-state index in [1.807, 2.05) is 41.3 Å². The number of ether oxygens (including phenoxy) is 2. The Morgan fingerprint density at radius 1 is 1.00 bits per heavy atom. The molecule has 1 heterocycles. The van der Waals surface area contributed by atoms with Crippen molar-refractivity contribution in [3.05, 3.63) is 59.7 Å². The van der Waals surface area contributed by atoms with Crippen LogP contribution in [0.1, 0.15) is 41.6 Å². The van der Waals surface area contributed by atoms with Gasteiger partial charge >= 0.3 is 0 Å². The van der Waals surface area contributed by atoms with Crippen molar-refractivity contribution >= 4 is 11.8 Å². The lowest BCUT2D eigenvalue weighted by Crippen LogP contribution is -2.42. The van der Waals surface area contributed by atoms with Crippen LogP contribution in [0.3, 0.4) is 0 Å². The Morgan fingerprint density at radius 2 is 1.74 bits per heavy atom. The number of hydrogen-bond acceptors (Lipinski definition) is 4. The van der Waals surface area contributed by atoms with Gasteiger partial charge in [-0.25, -0.2) is 0 Å². The van der Waals surface area contributed by atoms with Crippen molar-refractivity contribution in [3.8, 4) is 11.5 Å². The van der Waals surface area contributed by atoms with E-state index < -0.39 is 0 Å². The summed E-state index contributed by atoms with van der Waals surface area (Å²) in [6.07, 6.45) is 4.67. The second-order valence-electron chi connectivity index (χ2n) is 8.30. The Balaban J connectivity index is 1.20. The van der Waals surface area contributed by atoms with Crippen LogP contribution in [-0.4, -0.2) is 49.6 Å². The molecule has 0 spiro atoms. The molecule has 1 aliphatic heterocycles. The molecule has 1 saturated heterocycles. The highest BCUT2D eigenvalue weighted by Crippen LogP contribution is 2.32. The zero-order valence-electron chi connectivity index (χ0n) is 18.0. The first-order valence-electron chi connectivity index (χ1n) is 11.1. The van der Waals surface area contributed by atoms with Gasteiger partial charge in [0.05, 0.1) is 7.11 Å². The summed E-state index contributed by atoms with van der Waals surface area (Å²) in [5.41, 5.74) is 1.73. The number of nitrogens with one attached hydrogen (secondary N) is 1. The number of rotatable bonds is 8. The summed E-state index contributed by atoms with van der Waals surface area (Å²) in [6.45, 7) is 2.10.